The molecule has 0 bridgehead atoms. The molecule has 4 aromatic rings. The second-order valence-corrected chi connectivity index (χ2v) is 9.24. The Morgan fingerprint density at radius 1 is 1.20 bits per heavy atom. The van der Waals surface area contributed by atoms with Crippen LogP contribution in [0.25, 0.3) is 16.4 Å². The minimum Gasteiger partial charge on any atom is -0.495 e. The standard InChI is InChI=1S/C24H25N5OS2.C3H4/c1-4-17(2)9-7-13-22-26-18(16-32-22)15-25-24-28-27-23(21-12-8-14-31-21)29(24)19-10-5-6-11-20(19)30-3;1-3-2/h4-12,14,16H,13,15H2,1-3H3,(H,25,28);1H,2H3/b9-7-,17-4-;. The van der Waals surface area contributed by atoms with Gasteiger partial charge in [-0.05, 0) is 44.4 Å². The van der Waals surface area contributed by atoms with Crippen molar-refractivity contribution < 1.29 is 4.74 Å². The second-order valence-electron chi connectivity index (χ2n) is 7.35. The lowest BCUT2D eigenvalue weighted by atomic mass is 10.2. The molecule has 0 aliphatic heterocycles. The van der Waals surface area contributed by atoms with E-state index in [0.29, 0.717) is 12.5 Å². The van der Waals surface area contributed by atoms with Crippen molar-refractivity contribution >= 4 is 28.6 Å². The van der Waals surface area contributed by atoms with E-state index in [1.807, 2.05) is 53.3 Å². The predicted octanol–water partition coefficient (Wildman–Crippen LogP) is 6.78. The zero-order valence-electron chi connectivity index (χ0n) is 20.4. The number of aromatic nitrogens is 4. The van der Waals surface area contributed by atoms with Gasteiger partial charge in [-0.1, -0.05) is 42.0 Å². The SMILES string of the molecule is C#CC.C/C=C(C)\C=C/Cc1nc(CNc2nnc(-c3cccs3)n2-c2ccccc2OC)cs1. The zero-order chi connectivity index (χ0) is 25.0. The van der Waals surface area contributed by atoms with Crippen molar-refractivity contribution in [3.8, 4) is 34.5 Å². The van der Waals surface area contributed by atoms with Gasteiger partial charge in [-0.15, -0.1) is 45.2 Å². The minimum atomic E-state index is 0.561. The number of allylic oxidation sites excluding steroid dienone is 4. The summed E-state index contributed by atoms with van der Waals surface area (Å²) in [6.45, 7) is 6.35. The molecular weight excluding hydrogens is 474 g/mol. The van der Waals surface area contributed by atoms with Crippen LogP contribution in [0.5, 0.6) is 5.75 Å². The molecule has 0 saturated carbocycles. The average Bonchev–Trinajstić information content (AvgIpc) is 3.64. The molecule has 0 unspecified atom stereocenters. The molecule has 6 nitrogen and oxygen atoms in total. The molecule has 4 rings (SSSR count). The normalized spacial score (nSPS) is 11.1. The van der Waals surface area contributed by atoms with Gasteiger partial charge in [0.2, 0.25) is 5.95 Å². The molecule has 180 valence electrons. The van der Waals surface area contributed by atoms with Gasteiger partial charge in [0, 0.05) is 11.8 Å². The van der Waals surface area contributed by atoms with Crippen LogP contribution in [-0.4, -0.2) is 26.9 Å². The van der Waals surface area contributed by atoms with Crippen LogP contribution in [0, 0.1) is 12.3 Å². The number of ether oxygens (including phenoxy) is 1. The van der Waals surface area contributed by atoms with Crippen LogP contribution in [0.3, 0.4) is 0 Å². The monoisotopic (exact) mass is 503 g/mol. The Hall–Kier alpha value is -3.67. The summed E-state index contributed by atoms with van der Waals surface area (Å²) in [4.78, 5) is 5.78. The summed E-state index contributed by atoms with van der Waals surface area (Å²) in [6, 6.07) is 11.9. The van der Waals surface area contributed by atoms with Gasteiger partial charge in [0.25, 0.3) is 0 Å². The van der Waals surface area contributed by atoms with Gasteiger partial charge >= 0.3 is 0 Å². The molecule has 8 heteroatoms. The number of nitrogens with one attached hydrogen (secondary N) is 1. The highest BCUT2D eigenvalue weighted by Gasteiger charge is 2.19. The van der Waals surface area contributed by atoms with Gasteiger partial charge in [0.1, 0.15) is 5.75 Å². The number of para-hydroxylation sites is 2. The number of methoxy groups -OCH3 is 1. The second kappa shape index (κ2) is 13.3. The first kappa shape index (κ1) is 25.9. The van der Waals surface area contributed by atoms with Gasteiger partial charge in [0.05, 0.1) is 34.9 Å². The molecule has 0 saturated heterocycles. The number of hydrogen-bond acceptors (Lipinski definition) is 7. The minimum absolute atomic E-state index is 0.561. The maximum absolute atomic E-state index is 5.60. The number of terminal acetylenes is 1. The van der Waals surface area contributed by atoms with Crippen LogP contribution >= 0.6 is 22.7 Å². The van der Waals surface area contributed by atoms with E-state index >= 15 is 0 Å². The smallest absolute Gasteiger partial charge is 0.230 e. The van der Waals surface area contributed by atoms with Crippen LogP contribution in [0.15, 0.2) is 71.0 Å². The zero-order valence-corrected chi connectivity index (χ0v) is 22.0. The Morgan fingerprint density at radius 2 is 2.00 bits per heavy atom. The van der Waals surface area contributed by atoms with E-state index in [2.05, 4.69) is 58.4 Å². The predicted molar refractivity (Wildman–Crippen MR) is 147 cm³/mol. The lowest BCUT2D eigenvalue weighted by Gasteiger charge is -2.14. The van der Waals surface area contributed by atoms with E-state index in [1.165, 1.54) is 5.57 Å². The summed E-state index contributed by atoms with van der Waals surface area (Å²) in [7, 11) is 1.67. The van der Waals surface area contributed by atoms with E-state index in [0.717, 1.165) is 39.3 Å². The van der Waals surface area contributed by atoms with Crippen LogP contribution in [0.4, 0.5) is 5.95 Å². The molecule has 1 N–H and O–H groups in total. The quantitative estimate of drug-likeness (QED) is 0.201. The molecule has 1 aromatic carbocycles. The Morgan fingerprint density at radius 3 is 2.71 bits per heavy atom. The molecular formula is C27H29N5OS2. The number of rotatable bonds is 9. The first-order chi connectivity index (χ1) is 17.1. The molecule has 0 aliphatic rings. The maximum Gasteiger partial charge on any atom is 0.230 e. The number of thiophene rings is 1. The van der Waals surface area contributed by atoms with Gasteiger partial charge in [-0.3, -0.25) is 4.57 Å². The number of thiazole rings is 1. The van der Waals surface area contributed by atoms with Crippen molar-refractivity contribution in [3.05, 3.63) is 81.7 Å². The van der Waals surface area contributed by atoms with Crippen molar-refractivity contribution in [2.45, 2.75) is 33.7 Å². The molecule has 0 aliphatic carbocycles. The summed E-state index contributed by atoms with van der Waals surface area (Å²) < 4.78 is 7.60. The van der Waals surface area contributed by atoms with Crippen LogP contribution in [-0.2, 0) is 13.0 Å². The van der Waals surface area contributed by atoms with Gasteiger partial charge in [0.15, 0.2) is 5.82 Å². The summed E-state index contributed by atoms with van der Waals surface area (Å²) in [5, 5.41) is 17.5. The fourth-order valence-electron chi connectivity index (χ4n) is 3.14. The number of nitrogens with zero attached hydrogens (tertiary/aromatic N) is 4. The number of hydrogen-bond donors (Lipinski definition) is 1. The Balaban J connectivity index is 0.00000108. The van der Waals surface area contributed by atoms with Gasteiger partial charge < -0.3 is 10.1 Å². The molecule has 0 fully saturated rings. The Labute approximate surface area is 215 Å². The van der Waals surface area contributed by atoms with Crippen LogP contribution in [0.1, 0.15) is 31.5 Å². The third kappa shape index (κ3) is 6.92. The van der Waals surface area contributed by atoms with E-state index < -0.39 is 0 Å². The van der Waals surface area contributed by atoms with E-state index in [9.17, 15) is 0 Å². The highest BCUT2D eigenvalue weighted by atomic mass is 32.1. The van der Waals surface area contributed by atoms with Crippen molar-refractivity contribution in [2.24, 2.45) is 0 Å². The average molecular weight is 504 g/mol. The van der Waals surface area contributed by atoms with Crippen LogP contribution in [0.2, 0.25) is 0 Å². The van der Waals surface area contributed by atoms with Crippen molar-refractivity contribution in [1.82, 2.24) is 19.7 Å². The summed E-state index contributed by atoms with van der Waals surface area (Å²) in [5.41, 5.74) is 3.11. The Kier molecular flexibility index (Phi) is 9.84. The molecule has 0 amide bonds. The number of benzene rings is 1. The molecule has 3 heterocycles. The number of anilines is 1. The van der Waals surface area contributed by atoms with Crippen molar-refractivity contribution in [3.63, 3.8) is 0 Å². The fraction of sp³-hybridized carbons (Fsp3) is 0.222. The molecule has 0 radical (unpaired) electrons. The lowest BCUT2D eigenvalue weighted by molar-refractivity contribution is 0.413. The Bertz CT molecular complexity index is 1310. The first-order valence-electron chi connectivity index (χ1n) is 11.1. The molecule has 35 heavy (non-hydrogen) atoms. The third-order valence-corrected chi connectivity index (χ3v) is 6.67. The van der Waals surface area contributed by atoms with Gasteiger partial charge in [-0.25, -0.2) is 4.98 Å². The molecule has 0 spiro atoms. The van der Waals surface area contributed by atoms with E-state index in [4.69, 9.17) is 9.72 Å². The highest BCUT2D eigenvalue weighted by Crippen LogP contribution is 2.32. The lowest BCUT2D eigenvalue weighted by Crippen LogP contribution is -2.08. The summed E-state index contributed by atoms with van der Waals surface area (Å²) >= 11 is 3.30. The van der Waals surface area contributed by atoms with Crippen LogP contribution < -0.4 is 10.1 Å². The van der Waals surface area contributed by atoms with E-state index in [1.54, 1.807) is 36.7 Å². The first-order valence-corrected chi connectivity index (χ1v) is 12.8. The third-order valence-electron chi connectivity index (χ3n) is 4.89. The summed E-state index contributed by atoms with van der Waals surface area (Å²) in [5.74, 6) is 4.43. The molecule has 0 atom stereocenters. The largest absolute Gasteiger partial charge is 0.495 e. The van der Waals surface area contributed by atoms with Gasteiger partial charge in [-0.2, -0.15) is 0 Å². The van der Waals surface area contributed by atoms with Crippen molar-refractivity contribution in [2.75, 3.05) is 12.4 Å². The summed E-state index contributed by atoms with van der Waals surface area (Å²) in [6.07, 6.45) is 11.8. The highest BCUT2D eigenvalue weighted by molar-refractivity contribution is 7.13. The van der Waals surface area contributed by atoms with Crippen molar-refractivity contribution in [1.29, 1.82) is 0 Å². The topological polar surface area (TPSA) is 64.9 Å². The van der Waals surface area contributed by atoms with E-state index in [-0.39, 0.29) is 0 Å². The maximum atomic E-state index is 5.60. The molecule has 3 aromatic heterocycles. The fourth-order valence-corrected chi connectivity index (χ4v) is 4.61.